The normalized spacial score (nSPS) is 11.0. The van der Waals surface area contributed by atoms with E-state index in [0.29, 0.717) is 10.3 Å². The Labute approximate surface area is 118 Å². The number of halogens is 1. The van der Waals surface area contributed by atoms with Crippen LogP contribution < -0.4 is 4.72 Å². The molecule has 0 fully saturated rings. The number of hydrogen-bond donors (Lipinski definition) is 2. The van der Waals surface area contributed by atoms with E-state index in [-0.39, 0.29) is 16.3 Å². The Morgan fingerprint density at radius 1 is 1.47 bits per heavy atom. The third-order valence-electron chi connectivity index (χ3n) is 2.32. The second kappa shape index (κ2) is 5.03. The highest BCUT2D eigenvalue weighted by Crippen LogP contribution is 2.22. The van der Waals surface area contributed by atoms with Gasteiger partial charge in [-0.2, -0.15) is 13.7 Å². The molecule has 0 bridgehead atoms. The molecule has 2 N–H and O–H groups in total. The fraction of sp³-hybridized carbons (Fsp3) is 0.0909. The maximum Gasteiger partial charge on any atom is 0.279 e. The first-order valence-electron chi connectivity index (χ1n) is 5.16. The lowest BCUT2D eigenvalue weighted by molar-refractivity contribution is 0.598. The number of aromatic amines is 1. The Morgan fingerprint density at radius 2 is 2.21 bits per heavy atom. The second-order valence-electron chi connectivity index (χ2n) is 3.74. The van der Waals surface area contributed by atoms with Crippen molar-refractivity contribution in [2.45, 2.75) is 11.9 Å². The van der Waals surface area contributed by atoms with Gasteiger partial charge in [0.1, 0.15) is 11.9 Å². The number of aryl methyl sites for hydroxylation is 1. The zero-order valence-corrected chi connectivity index (χ0v) is 12.2. The van der Waals surface area contributed by atoms with Crippen molar-refractivity contribution in [2.24, 2.45) is 0 Å². The molecule has 0 amide bonds. The first-order chi connectivity index (χ1) is 8.92. The van der Waals surface area contributed by atoms with Crippen LogP contribution in [0.15, 0.2) is 33.9 Å². The van der Waals surface area contributed by atoms with Crippen molar-refractivity contribution in [1.82, 2.24) is 9.97 Å². The smallest absolute Gasteiger partial charge is 0.279 e. The van der Waals surface area contributed by atoms with E-state index in [2.05, 4.69) is 30.6 Å². The van der Waals surface area contributed by atoms with Gasteiger partial charge in [0.05, 0.1) is 17.4 Å². The molecule has 0 spiro atoms. The second-order valence-corrected chi connectivity index (χ2v) is 6.31. The minimum atomic E-state index is -3.77. The van der Waals surface area contributed by atoms with E-state index in [4.69, 9.17) is 5.26 Å². The number of nitrogens with one attached hydrogen (secondary N) is 2. The lowest BCUT2D eigenvalue weighted by atomic mass is 10.2. The van der Waals surface area contributed by atoms with Crippen LogP contribution in [0.1, 0.15) is 11.4 Å². The number of nitrogens with zero attached hydrogens (tertiary/aromatic N) is 2. The molecule has 19 heavy (non-hydrogen) atoms. The maximum atomic E-state index is 12.1. The summed E-state index contributed by atoms with van der Waals surface area (Å²) in [5.41, 5.74) is 0.451. The number of aromatic nitrogens is 2. The van der Waals surface area contributed by atoms with E-state index in [1.165, 1.54) is 18.3 Å². The summed E-state index contributed by atoms with van der Waals surface area (Å²) in [5.74, 6) is 0.497. The largest absolute Gasteiger partial charge is 0.332 e. The van der Waals surface area contributed by atoms with Gasteiger partial charge in [-0.3, -0.25) is 4.72 Å². The van der Waals surface area contributed by atoms with Crippen LogP contribution in [0.5, 0.6) is 0 Å². The first kappa shape index (κ1) is 13.6. The average molecular weight is 341 g/mol. The van der Waals surface area contributed by atoms with Crippen LogP contribution in [-0.4, -0.2) is 18.4 Å². The molecule has 0 saturated heterocycles. The number of anilines is 1. The molecule has 0 saturated carbocycles. The van der Waals surface area contributed by atoms with Gasteiger partial charge in [0.25, 0.3) is 10.0 Å². The minimum absolute atomic E-state index is 0.0446. The quantitative estimate of drug-likeness (QED) is 0.894. The molecule has 0 aliphatic heterocycles. The van der Waals surface area contributed by atoms with E-state index in [0.717, 1.165) is 0 Å². The van der Waals surface area contributed by atoms with Crippen LogP contribution in [-0.2, 0) is 10.0 Å². The zero-order chi connectivity index (χ0) is 14.0. The van der Waals surface area contributed by atoms with Crippen molar-refractivity contribution < 1.29 is 8.42 Å². The number of nitriles is 1. The summed E-state index contributed by atoms with van der Waals surface area (Å²) >= 11 is 3.22. The number of hydrogen-bond acceptors (Lipinski definition) is 4. The molecular weight excluding hydrogens is 332 g/mol. The van der Waals surface area contributed by atoms with E-state index in [9.17, 15) is 8.42 Å². The number of sulfonamides is 1. The van der Waals surface area contributed by atoms with Gasteiger partial charge in [-0.05, 0) is 25.1 Å². The van der Waals surface area contributed by atoms with Gasteiger partial charge in [0.15, 0.2) is 5.03 Å². The van der Waals surface area contributed by atoms with Gasteiger partial charge in [0, 0.05) is 4.47 Å². The van der Waals surface area contributed by atoms with Gasteiger partial charge in [-0.25, -0.2) is 4.98 Å². The lowest BCUT2D eigenvalue weighted by Crippen LogP contribution is -2.14. The van der Waals surface area contributed by atoms with Gasteiger partial charge < -0.3 is 4.98 Å². The summed E-state index contributed by atoms with van der Waals surface area (Å²) in [6.45, 7) is 1.65. The molecule has 2 aromatic rings. The van der Waals surface area contributed by atoms with Gasteiger partial charge in [-0.15, -0.1) is 0 Å². The fourth-order valence-corrected chi connectivity index (χ4v) is 2.84. The molecule has 0 unspecified atom stereocenters. The summed E-state index contributed by atoms with van der Waals surface area (Å²) in [6.07, 6.45) is 1.22. The summed E-state index contributed by atoms with van der Waals surface area (Å²) in [5, 5.41) is 8.94. The topological polar surface area (TPSA) is 98.6 Å². The molecule has 0 atom stereocenters. The Kier molecular flexibility index (Phi) is 3.59. The summed E-state index contributed by atoms with van der Waals surface area (Å²) in [6, 6.07) is 6.64. The third-order valence-corrected chi connectivity index (χ3v) is 4.08. The zero-order valence-electron chi connectivity index (χ0n) is 9.81. The van der Waals surface area contributed by atoms with E-state index in [1.54, 1.807) is 13.0 Å². The standard InChI is InChI=1S/C11H9BrN4O2S/c1-7-14-6-11(15-7)19(17,18)16-10-3-2-9(12)4-8(10)5-13/h2-4,6,16H,1H3,(H,14,15). The Hall–Kier alpha value is -1.85. The highest BCUT2D eigenvalue weighted by Gasteiger charge is 2.18. The van der Waals surface area contributed by atoms with Gasteiger partial charge in [0.2, 0.25) is 0 Å². The monoisotopic (exact) mass is 340 g/mol. The highest BCUT2D eigenvalue weighted by atomic mass is 79.9. The Balaban J connectivity index is 2.39. The van der Waals surface area contributed by atoms with Crippen LogP contribution in [0.3, 0.4) is 0 Å². The SMILES string of the molecule is Cc1ncc(S(=O)(=O)Nc2ccc(Br)cc2C#N)[nH]1. The van der Waals surface area contributed by atoms with Gasteiger partial charge in [-0.1, -0.05) is 15.9 Å². The summed E-state index contributed by atoms with van der Waals surface area (Å²) in [4.78, 5) is 6.47. The van der Waals surface area contributed by atoms with Crippen LogP contribution in [0.2, 0.25) is 0 Å². The average Bonchev–Trinajstić information content (AvgIpc) is 2.79. The molecule has 2 rings (SSSR count). The minimum Gasteiger partial charge on any atom is -0.332 e. The van der Waals surface area contributed by atoms with Gasteiger partial charge >= 0.3 is 0 Å². The predicted molar refractivity (Wildman–Crippen MR) is 73.0 cm³/mol. The van der Waals surface area contributed by atoms with Crippen molar-refractivity contribution in [3.05, 3.63) is 40.3 Å². The van der Waals surface area contributed by atoms with Crippen LogP contribution in [0.4, 0.5) is 5.69 Å². The molecule has 1 heterocycles. The summed E-state index contributed by atoms with van der Waals surface area (Å²) in [7, 11) is -3.77. The van der Waals surface area contributed by atoms with Crippen molar-refractivity contribution in [3.8, 4) is 6.07 Å². The third kappa shape index (κ3) is 2.94. The number of benzene rings is 1. The molecule has 0 aliphatic rings. The molecule has 1 aromatic carbocycles. The molecule has 8 heteroatoms. The summed E-state index contributed by atoms with van der Waals surface area (Å²) < 4.78 is 27.2. The molecular formula is C11H9BrN4O2S. The molecule has 0 aliphatic carbocycles. The van der Waals surface area contributed by atoms with E-state index in [1.807, 2.05) is 6.07 Å². The fourth-order valence-electron chi connectivity index (χ4n) is 1.43. The number of H-pyrrole nitrogens is 1. The van der Waals surface area contributed by atoms with E-state index < -0.39 is 10.0 Å². The highest BCUT2D eigenvalue weighted by molar-refractivity contribution is 9.10. The van der Waals surface area contributed by atoms with Crippen molar-refractivity contribution in [2.75, 3.05) is 4.72 Å². The van der Waals surface area contributed by atoms with E-state index >= 15 is 0 Å². The molecule has 1 aromatic heterocycles. The van der Waals surface area contributed by atoms with Crippen LogP contribution in [0, 0.1) is 18.3 Å². The van der Waals surface area contributed by atoms with Crippen molar-refractivity contribution in [3.63, 3.8) is 0 Å². The lowest BCUT2D eigenvalue weighted by Gasteiger charge is -2.08. The molecule has 6 nitrogen and oxygen atoms in total. The van der Waals surface area contributed by atoms with Crippen molar-refractivity contribution in [1.29, 1.82) is 5.26 Å². The Bertz CT molecular complexity index is 761. The molecule has 0 radical (unpaired) electrons. The molecule has 98 valence electrons. The number of imidazole rings is 1. The predicted octanol–water partition coefficient (Wildman–Crippen LogP) is 2.15. The van der Waals surface area contributed by atoms with Crippen molar-refractivity contribution >= 4 is 31.6 Å². The maximum absolute atomic E-state index is 12.1. The Morgan fingerprint density at radius 3 is 2.79 bits per heavy atom. The number of rotatable bonds is 3. The first-order valence-corrected chi connectivity index (χ1v) is 7.44. The van der Waals surface area contributed by atoms with Crippen LogP contribution in [0.25, 0.3) is 0 Å². The van der Waals surface area contributed by atoms with Crippen LogP contribution >= 0.6 is 15.9 Å².